The number of aryl methyl sites for hydroxylation is 2. The van der Waals surface area contributed by atoms with Gasteiger partial charge in [-0.2, -0.15) is 5.10 Å². The smallest absolute Gasteiger partial charge is 0.227 e. The number of carbonyl (C=O) groups excluding carboxylic acids is 1. The lowest BCUT2D eigenvalue weighted by Gasteiger charge is -2.15. The highest BCUT2D eigenvalue weighted by molar-refractivity contribution is 5.78. The monoisotopic (exact) mass is 258 g/mol. The van der Waals surface area contributed by atoms with Gasteiger partial charge in [-0.05, 0) is 30.5 Å². The summed E-state index contributed by atoms with van der Waals surface area (Å²) in [5.41, 5.74) is 3.49. The van der Waals surface area contributed by atoms with Gasteiger partial charge >= 0.3 is 0 Å². The van der Waals surface area contributed by atoms with Crippen molar-refractivity contribution in [2.75, 3.05) is 7.05 Å². The van der Waals surface area contributed by atoms with Gasteiger partial charge in [0.05, 0.1) is 13.0 Å². The van der Waals surface area contributed by atoms with Gasteiger partial charge in [-0.1, -0.05) is 18.2 Å². The summed E-state index contributed by atoms with van der Waals surface area (Å²) in [4.78, 5) is 17.8. The maximum Gasteiger partial charge on any atom is 0.227 e. The summed E-state index contributed by atoms with van der Waals surface area (Å²) >= 11 is 0. The molecule has 0 bridgehead atoms. The minimum absolute atomic E-state index is 0.0691. The first-order valence-electron chi connectivity index (χ1n) is 6.20. The number of aromatic nitrogens is 3. The summed E-state index contributed by atoms with van der Waals surface area (Å²) in [6, 6.07) is 6.12. The number of H-pyrrole nitrogens is 1. The average molecular weight is 258 g/mol. The van der Waals surface area contributed by atoms with Gasteiger partial charge in [-0.3, -0.25) is 9.89 Å². The molecule has 1 heterocycles. The fourth-order valence-electron chi connectivity index (χ4n) is 1.84. The fraction of sp³-hybridized carbons (Fsp3) is 0.357. The number of benzene rings is 1. The van der Waals surface area contributed by atoms with Crippen molar-refractivity contribution in [3.8, 4) is 0 Å². The summed E-state index contributed by atoms with van der Waals surface area (Å²) in [5.74, 6) is 0.760. The molecule has 0 atom stereocenters. The molecular weight excluding hydrogens is 240 g/mol. The molecule has 0 saturated carbocycles. The first-order chi connectivity index (χ1) is 9.06. The van der Waals surface area contributed by atoms with Gasteiger partial charge in [-0.25, -0.2) is 4.98 Å². The second kappa shape index (κ2) is 5.65. The zero-order chi connectivity index (χ0) is 13.8. The van der Waals surface area contributed by atoms with Crippen molar-refractivity contribution in [1.82, 2.24) is 20.1 Å². The first kappa shape index (κ1) is 13.3. The van der Waals surface area contributed by atoms with Gasteiger partial charge < -0.3 is 4.90 Å². The van der Waals surface area contributed by atoms with Crippen molar-refractivity contribution in [2.24, 2.45) is 0 Å². The van der Waals surface area contributed by atoms with Gasteiger partial charge in [0.2, 0.25) is 5.91 Å². The molecule has 0 spiro atoms. The Bertz CT molecular complexity index is 563. The number of nitrogens with zero attached hydrogens (tertiary/aromatic N) is 3. The SMILES string of the molecule is Cc1ccc(CC(=O)N(C)Cc2ncn[nH]2)cc1C. The molecule has 0 radical (unpaired) electrons. The second-order valence-electron chi connectivity index (χ2n) is 4.78. The Labute approximate surface area is 112 Å². The Kier molecular flexibility index (Phi) is 3.94. The number of aromatic amines is 1. The summed E-state index contributed by atoms with van der Waals surface area (Å²) in [6.45, 7) is 4.57. The van der Waals surface area contributed by atoms with Crippen LogP contribution in [0.4, 0.5) is 0 Å². The molecule has 1 aromatic carbocycles. The molecule has 0 unspecified atom stereocenters. The summed E-state index contributed by atoms with van der Waals surface area (Å²) < 4.78 is 0. The van der Waals surface area contributed by atoms with Crippen LogP contribution in [0, 0.1) is 13.8 Å². The lowest BCUT2D eigenvalue weighted by molar-refractivity contribution is -0.129. The van der Waals surface area contributed by atoms with Crippen molar-refractivity contribution in [2.45, 2.75) is 26.8 Å². The molecular formula is C14H18N4O. The maximum atomic E-state index is 12.1. The Balaban J connectivity index is 1.98. The maximum absolute atomic E-state index is 12.1. The number of hydrogen-bond donors (Lipinski definition) is 1. The van der Waals surface area contributed by atoms with E-state index >= 15 is 0 Å². The molecule has 100 valence electrons. The van der Waals surface area contributed by atoms with E-state index < -0.39 is 0 Å². The Morgan fingerprint density at radius 1 is 1.32 bits per heavy atom. The number of amides is 1. The van der Waals surface area contributed by atoms with Gasteiger partial charge in [0.25, 0.3) is 0 Å². The van der Waals surface area contributed by atoms with E-state index in [9.17, 15) is 4.79 Å². The average Bonchev–Trinajstić information content (AvgIpc) is 2.86. The quantitative estimate of drug-likeness (QED) is 0.906. The molecule has 1 N–H and O–H groups in total. The molecule has 19 heavy (non-hydrogen) atoms. The zero-order valence-electron chi connectivity index (χ0n) is 11.5. The molecule has 5 heteroatoms. The lowest BCUT2D eigenvalue weighted by atomic mass is 10.0. The van der Waals surface area contributed by atoms with E-state index in [1.54, 1.807) is 11.9 Å². The molecule has 2 rings (SSSR count). The van der Waals surface area contributed by atoms with E-state index in [0.29, 0.717) is 18.8 Å². The second-order valence-corrected chi connectivity index (χ2v) is 4.78. The van der Waals surface area contributed by atoms with Crippen molar-refractivity contribution in [3.05, 3.63) is 47.0 Å². The highest BCUT2D eigenvalue weighted by Crippen LogP contribution is 2.11. The van der Waals surface area contributed by atoms with Crippen molar-refractivity contribution in [1.29, 1.82) is 0 Å². The van der Waals surface area contributed by atoms with Gasteiger partial charge in [-0.15, -0.1) is 0 Å². The van der Waals surface area contributed by atoms with Crippen LogP contribution in [0.5, 0.6) is 0 Å². The van der Waals surface area contributed by atoms with Gasteiger partial charge in [0.1, 0.15) is 12.2 Å². The molecule has 0 fully saturated rings. The largest absolute Gasteiger partial charge is 0.338 e. The third-order valence-electron chi connectivity index (χ3n) is 3.20. The van der Waals surface area contributed by atoms with E-state index in [0.717, 1.165) is 5.56 Å². The van der Waals surface area contributed by atoms with E-state index in [1.807, 2.05) is 12.1 Å². The number of rotatable bonds is 4. The van der Waals surface area contributed by atoms with Crippen LogP contribution < -0.4 is 0 Å². The fourth-order valence-corrected chi connectivity index (χ4v) is 1.84. The molecule has 1 amide bonds. The topological polar surface area (TPSA) is 61.9 Å². The third kappa shape index (κ3) is 3.40. The minimum Gasteiger partial charge on any atom is -0.338 e. The standard InChI is InChI=1S/C14H18N4O/c1-10-4-5-12(6-11(10)2)7-14(19)18(3)8-13-15-9-16-17-13/h4-6,9H,7-8H2,1-3H3,(H,15,16,17). The van der Waals surface area contributed by atoms with Crippen LogP contribution in [-0.4, -0.2) is 33.0 Å². The number of hydrogen-bond acceptors (Lipinski definition) is 3. The van der Waals surface area contributed by atoms with Crippen molar-refractivity contribution < 1.29 is 4.79 Å². The molecule has 0 aliphatic heterocycles. The predicted molar refractivity (Wildman–Crippen MR) is 72.5 cm³/mol. The Morgan fingerprint density at radius 3 is 2.74 bits per heavy atom. The van der Waals surface area contributed by atoms with Gasteiger partial charge in [0, 0.05) is 7.05 Å². The summed E-state index contributed by atoms with van der Waals surface area (Å²) in [6.07, 6.45) is 1.85. The molecule has 5 nitrogen and oxygen atoms in total. The highest BCUT2D eigenvalue weighted by atomic mass is 16.2. The van der Waals surface area contributed by atoms with Crippen molar-refractivity contribution >= 4 is 5.91 Å². The van der Waals surface area contributed by atoms with E-state index in [-0.39, 0.29) is 5.91 Å². The van der Waals surface area contributed by atoms with Gasteiger partial charge in [0.15, 0.2) is 0 Å². The first-order valence-corrected chi connectivity index (χ1v) is 6.20. The van der Waals surface area contributed by atoms with Crippen LogP contribution in [0.3, 0.4) is 0 Å². The zero-order valence-corrected chi connectivity index (χ0v) is 11.5. The van der Waals surface area contributed by atoms with E-state index in [2.05, 4.69) is 35.1 Å². The third-order valence-corrected chi connectivity index (χ3v) is 3.20. The molecule has 0 aliphatic carbocycles. The Hall–Kier alpha value is -2.17. The number of nitrogens with one attached hydrogen (secondary N) is 1. The van der Waals surface area contributed by atoms with E-state index in [4.69, 9.17) is 0 Å². The molecule has 2 aromatic rings. The van der Waals surface area contributed by atoms with Crippen LogP contribution in [0.25, 0.3) is 0 Å². The van der Waals surface area contributed by atoms with Crippen LogP contribution in [-0.2, 0) is 17.8 Å². The van der Waals surface area contributed by atoms with Crippen LogP contribution in [0.15, 0.2) is 24.5 Å². The number of likely N-dealkylation sites (N-methyl/N-ethyl adjacent to an activating group) is 1. The Morgan fingerprint density at radius 2 is 2.11 bits per heavy atom. The predicted octanol–water partition coefficient (Wildman–Crippen LogP) is 1.62. The molecule has 1 aromatic heterocycles. The van der Waals surface area contributed by atoms with E-state index in [1.165, 1.54) is 17.5 Å². The molecule has 0 aliphatic rings. The van der Waals surface area contributed by atoms with Crippen LogP contribution in [0.1, 0.15) is 22.5 Å². The normalized spacial score (nSPS) is 10.5. The van der Waals surface area contributed by atoms with Crippen LogP contribution >= 0.6 is 0 Å². The molecule has 0 saturated heterocycles. The minimum atomic E-state index is 0.0691. The summed E-state index contributed by atoms with van der Waals surface area (Å²) in [7, 11) is 1.77. The summed E-state index contributed by atoms with van der Waals surface area (Å²) in [5, 5.41) is 6.51. The lowest BCUT2D eigenvalue weighted by Crippen LogP contribution is -2.28. The number of carbonyl (C=O) groups is 1. The highest BCUT2D eigenvalue weighted by Gasteiger charge is 2.11. The van der Waals surface area contributed by atoms with Crippen molar-refractivity contribution in [3.63, 3.8) is 0 Å². The van der Waals surface area contributed by atoms with Crippen LogP contribution in [0.2, 0.25) is 0 Å².